The normalized spacial score (nSPS) is 21.5. The highest BCUT2D eigenvalue weighted by Gasteiger charge is 2.31. The molecule has 0 saturated carbocycles. The predicted molar refractivity (Wildman–Crippen MR) is 66.1 cm³/mol. The zero-order valence-corrected chi connectivity index (χ0v) is 11.5. The van der Waals surface area contributed by atoms with Crippen LogP contribution in [0.2, 0.25) is 0 Å². The van der Waals surface area contributed by atoms with Crippen LogP contribution in [0, 0.1) is 0 Å². The Hall–Kier alpha value is -0.660. The summed E-state index contributed by atoms with van der Waals surface area (Å²) in [5.74, 6) is -0.208. The van der Waals surface area contributed by atoms with Crippen molar-refractivity contribution < 1.29 is 13.2 Å². The Morgan fingerprint density at radius 1 is 1.35 bits per heavy atom. The van der Waals surface area contributed by atoms with Gasteiger partial charge >= 0.3 is 0 Å². The van der Waals surface area contributed by atoms with Crippen LogP contribution in [-0.2, 0) is 14.8 Å². The van der Waals surface area contributed by atoms with Gasteiger partial charge in [0.25, 0.3) is 0 Å². The van der Waals surface area contributed by atoms with E-state index in [1.54, 1.807) is 14.1 Å². The fraction of sp³-hybridized carbons (Fsp3) is 0.900. The fourth-order valence-electron chi connectivity index (χ4n) is 1.75. The Bertz CT molecular complexity index is 361. The SMILES string of the molecule is CN(C)C(=O)CN(C)S(=O)(=O)C1CCCNC1. The lowest BCUT2D eigenvalue weighted by atomic mass is 10.2. The molecule has 1 N–H and O–H groups in total. The molecule has 0 radical (unpaired) electrons. The van der Waals surface area contributed by atoms with Gasteiger partial charge < -0.3 is 10.2 Å². The van der Waals surface area contributed by atoms with Crippen LogP contribution in [0.15, 0.2) is 0 Å². The monoisotopic (exact) mass is 263 g/mol. The molecule has 1 rings (SSSR count). The molecule has 1 unspecified atom stereocenters. The van der Waals surface area contributed by atoms with Gasteiger partial charge in [-0.3, -0.25) is 4.79 Å². The van der Waals surface area contributed by atoms with Crippen LogP contribution in [0.3, 0.4) is 0 Å². The average molecular weight is 263 g/mol. The number of amides is 1. The standard InChI is InChI=1S/C10H21N3O3S/c1-12(2)10(14)8-13(3)17(15,16)9-5-4-6-11-7-9/h9,11H,4-8H2,1-3H3. The second-order valence-corrected chi connectivity index (χ2v) is 6.88. The summed E-state index contributed by atoms with van der Waals surface area (Å²) >= 11 is 0. The van der Waals surface area contributed by atoms with Crippen molar-refractivity contribution in [2.24, 2.45) is 0 Å². The number of nitrogens with one attached hydrogen (secondary N) is 1. The predicted octanol–water partition coefficient (Wildman–Crippen LogP) is -0.912. The lowest BCUT2D eigenvalue weighted by Crippen LogP contribution is -2.47. The van der Waals surface area contributed by atoms with Gasteiger partial charge in [-0.1, -0.05) is 0 Å². The van der Waals surface area contributed by atoms with E-state index < -0.39 is 15.3 Å². The summed E-state index contributed by atoms with van der Waals surface area (Å²) in [6, 6.07) is 0. The number of carbonyl (C=O) groups is 1. The largest absolute Gasteiger partial charge is 0.348 e. The number of sulfonamides is 1. The number of piperidine rings is 1. The van der Waals surface area contributed by atoms with E-state index in [4.69, 9.17) is 0 Å². The molecule has 100 valence electrons. The molecule has 1 saturated heterocycles. The minimum Gasteiger partial charge on any atom is -0.348 e. The summed E-state index contributed by atoms with van der Waals surface area (Å²) in [6.07, 6.45) is 1.52. The molecule has 0 aromatic rings. The molecule has 0 bridgehead atoms. The van der Waals surface area contributed by atoms with Crippen molar-refractivity contribution in [3.63, 3.8) is 0 Å². The number of likely N-dealkylation sites (N-methyl/N-ethyl adjacent to an activating group) is 2. The fourth-order valence-corrected chi connectivity index (χ4v) is 3.34. The van der Waals surface area contributed by atoms with Gasteiger partial charge in [-0.05, 0) is 19.4 Å². The third kappa shape index (κ3) is 3.65. The summed E-state index contributed by atoms with van der Waals surface area (Å²) in [4.78, 5) is 12.9. The first kappa shape index (κ1) is 14.4. The summed E-state index contributed by atoms with van der Waals surface area (Å²) in [7, 11) is 1.33. The van der Waals surface area contributed by atoms with Gasteiger partial charge in [0.05, 0.1) is 11.8 Å². The van der Waals surface area contributed by atoms with Crippen LogP contribution in [-0.4, -0.2) is 69.6 Å². The van der Waals surface area contributed by atoms with Crippen molar-refractivity contribution in [1.29, 1.82) is 0 Å². The Morgan fingerprint density at radius 2 is 2.00 bits per heavy atom. The topological polar surface area (TPSA) is 69.7 Å². The van der Waals surface area contributed by atoms with Crippen molar-refractivity contribution in [1.82, 2.24) is 14.5 Å². The second kappa shape index (κ2) is 5.79. The molecular weight excluding hydrogens is 242 g/mol. The van der Waals surface area contributed by atoms with Crippen molar-refractivity contribution in [2.75, 3.05) is 40.8 Å². The van der Waals surface area contributed by atoms with Gasteiger partial charge in [-0.25, -0.2) is 8.42 Å². The Labute approximate surface area is 103 Å². The number of hydrogen-bond acceptors (Lipinski definition) is 4. The molecule has 0 aliphatic carbocycles. The Balaban J connectivity index is 2.65. The van der Waals surface area contributed by atoms with E-state index in [0.29, 0.717) is 13.0 Å². The van der Waals surface area contributed by atoms with Gasteiger partial charge in [-0.2, -0.15) is 4.31 Å². The molecular formula is C10H21N3O3S. The smallest absolute Gasteiger partial charge is 0.237 e. The van der Waals surface area contributed by atoms with Gasteiger partial charge in [0.2, 0.25) is 15.9 Å². The molecule has 1 heterocycles. The molecule has 1 aliphatic heterocycles. The van der Waals surface area contributed by atoms with Gasteiger partial charge in [0, 0.05) is 27.7 Å². The molecule has 17 heavy (non-hydrogen) atoms. The molecule has 7 heteroatoms. The Kier molecular flexibility index (Phi) is 4.91. The molecule has 0 aromatic carbocycles. The first-order valence-corrected chi connectivity index (χ1v) is 7.22. The Morgan fingerprint density at radius 3 is 2.47 bits per heavy atom. The zero-order valence-electron chi connectivity index (χ0n) is 10.6. The van der Waals surface area contributed by atoms with Gasteiger partial charge in [0.15, 0.2) is 0 Å². The minimum absolute atomic E-state index is 0.0914. The number of hydrogen-bond donors (Lipinski definition) is 1. The first-order chi connectivity index (χ1) is 7.85. The molecule has 1 aliphatic rings. The van der Waals surface area contributed by atoms with Crippen LogP contribution in [0.25, 0.3) is 0 Å². The maximum atomic E-state index is 12.2. The molecule has 0 spiro atoms. The van der Waals surface area contributed by atoms with E-state index in [-0.39, 0.29) is 12.5 Å². The minimum atomic E-state index is -3.37. The highest BCUT2D eigenvalue weighted by Crippen LogP contribution is 2.15. The van der Waals surface area contributed by atoms with Crippen LogP contribution < -0.4 is 5.32 Å². The second-order valence-electron chi connectivity index (χ2n) is 4.56. The van der Waals surface area contributed by atoms with Crippen LogP contribution in [0.1, 0.15) is 12.8 Å². The van der Waals surface area contributed by atoms with E-state index in [1.807, 2.05) is 0 Å². The molecule has 0 aromatic heterocycles. The summed E-state index contributed by atoms with van der Waals surface area (Å²) in [5, 5.41) is 2.66. The quantitative estimate of drug-likeness (QED) is 0.713. The van der Waals surface area contributed by atoms with Crippen molar-refractivity contribution in [3.8, 4) is 0 Å². The third-order valence-electron chi connectivity index (χ3n) is 2.96. The third-order valence-corrected chi connectivity index (χ3v) is 5.21. The van der Waals surface area contributed by atoms with Crippen molar-refractivity contribution in [2.45, 2.75) is 18.1 Å². The number of carbonyl (C=O) groups excluding carboxylic acids is 1. The van der Waals surface area contributed by atoms with E-state index in [0.717, 1.165) is 17.3 Å². The summed E-state index contributed by atoms with van der Waals surface area (Å²) < 4.78 is 25.5. The lowest BCUT2D eigenvalue weighted by Gasteiger charge is -2.27. The first-order valence-electron chi connectivity index (χ1n) is 5.71. The molecule has 1 atom stereocenters. The van der Waals surface area contributed by atoms with Gasteiger partial charge in [-0.15, -0.1) is 0 Å². The van der Waals surface area contributed by atoms with E-state index >= 15 is 0 Å². The number of rotatable bonds is 4. The molecule has 1 fully saturated rings. The zero-order chi connectivity index (χ0) is 13.1. The maximum Gasteiger partial charge on any atom is 0.237 e. The number of nitrogens with zero attached hydrogens (tertiary/aromatic N) is 2. The molecule has 1 amide bonds. The highest BCUT2D eigenvalue weighted by atomic mass is 32.2. The van der Waals surface area contributed by atoms with Crippen LogP contribution in [0.4, 0.5) is 0 Å². The maximum absolute atomic E-state index is 12.2. The highest BCUT2D eigenvalue weighted by molar-refractivity contribution is 7.89. The summed E-state index contributed by atoms with van der Waals surface area (Å²) in [6.45, 7) is 1.25. The lowest BCUT2D eigenvalue weighted by molar-refractivity contribution is -0.128. The van der Waals surface area contributed by atoms with Gasteiger partial charge in [0.1, 0.15) is 0 Å². The van der Waals surface area contributed by atoms with E-state index in [9.17, 15) is 13.2 Å². The van der Waals surface area contributed by atoms with Crippen LogP contribution in [0.5, 0.6) is 0 Å². The van der Waals surface area contributed by atoms with E-state index in [2.05, 4.69) is 5.32 Å². The van der Waals surface area contributed by atoms with Crippen molar-refractivity contribution in [3.05, 3.63) is 0 Å². The summed E-state index contributed by atoms with van der Waals surface area (Å²) in [5.41, 5.74) is 0. The van der Waals surface area contributed by atoms with Crippen LogP contribution >= 0.6 is 0 Å². The van der Waals surface area contributed by atoms with Crippen molar-refractivity contribution >= 4 is 15.9 Å². The molecule has 6 nitrogen and oxygen atoms in total. The average Bonchev–Trinajstić information content (AvgIpc) is 2.29. The van der Waals surface area contributed by atoms with E-state index in [1.165, 1.54) is 11.9 Å².